The van der Waals surface area contributed by atoms with Gasteiger partial charge in [-0.3, -0.25) is 4.79 Å². The van der Waals surface area contributed by atoms with Crippen LogP contribution in [0.25, 0.3) is 0 Å². The summed E-state index contributed by atoms with van der Waals surface area (Å²) in [5, 5.41) is 2.54. The van der Waals surface area contributed by atoms with Crippen molar-refractivity contribution in [3.63, 3.8) is 0 Å². The number of benzene rings is 1. The molecule has 21 heavy (non-hydrogen) atoms. The lowest BCUT2D eigenvalue weighted by Gasteiger charge is -2.11. The van der Waals surface area contributed by atoms with Crippen LogP contribution in [0.15, 0.2) is 24.3 Å². The molecule has 8 heteroatoms. The summed E-state index contributed by atoms with van der Waals surface area (Å²) >= 11 is 0. The summed E-state index contributed by atoms with van der Waals surface area (Å²) in [6.07, 6.45) is 0.389. The lowest BCUT2D eigenvalue weighted by Crippen LogP contribution is -2.38. The van der Waals surface area contributed by atoms with Crippen LogP contribution >= 0.6 is 0 Å². The molecule has 114 valence electrons. The van der Waals surface area contributed by atoms with Crippen LogP contribution in [-0.2, 0) is 19.4 Å². The van der Waals surface area contributed by atoms with Gasteiger partial charge in [0.05, 0.1) is 17.1 Å². The lowest BCUT2D eigenvalue weighted by molar-refractivity contribution is -0.124. The van der Waals surface area contributed by atoms with Gasteiger partial charge in [0.25, 0.3) is 5.91 Å². The Morgan fingerprint density at radius 3 is 2.52 bits per heavy atom. The van der Waals surface area contributed by atoms with Crippen LogP contribution in [0.3, 0.4) is 0 Å². The van der Waals surface area contributed by atoms with Gasteiger partial charge >= 0.3 is 5.97 Å². The van der Waals surface area contributed by atoms with Gasteiger partial charge in [0.2, 0.25) is 0 Å². The normalized spacial score (nSPS) is 19.9. The van der Waals surface area contributed by atoms with E-state index in [1.54, 1.807) is 12.1 Å². The average Bonchev–Trinajstić information content (AvgIpc) is 2.76. The number of carbonyl (C=O) groups is 2. The molecule has 0 saturated carbocycles. The highest BCUT2D eigenvalue weighted by molar-refractivity contribution is 7.91. The Bertz CT molecular complexity index is 639. The van der Waals surface area contributed by atoms with E-state index in [0.29, 0.717) is 17.7 Å². The molecule has 0 unspecified atom stereocenters. The molecule has 0 aliphatic carbocycles. The molecule has 1 fully saturated rings. The molecule has 0 spiro atoms. The largest absolute Gasteiger partial charge is 0.452 e. The minimum atomic E-state index is -3.05. The second-order valence-electron chi connectivity index (χ2n) is 4.87. The van der Waals surface area contributed by atoms with E-state index in [9.17, 15) is 18.0 Å². The first-order valence-electron chi connectivity index (χ1n) is 6.38. The Kier molecular flexibility index (Phi) is 4.46. The average molecular weight is 312 g/mol. The third-order valence-corrected chi connectivity index (χ3v) is 4.85. The van der Waals surface area contributed by atoms with Crippen LogP contribution in [0.2, 0.25) is 0 Å². The Balaban J connectivity index is 1.79. The fraction of sp³-hybridized carbons (Fsp3) is 0.385. The first-order chi connectivity index (χ1) is 9.85. The second kappa shape index (κ2) is 6.13. The van der Waals surface area contributed by atoms with E-state index in [2.05, 4.69) is 5.32 Å². The highest BCUT2D eigenvalue weighted by Crippen LogP contribution is 2.11. The van der Waals surface area contributed by atoms with Gasteiger partial charge in [0.1, 0.15) is 0 Å². The third-order valence-electron chi connectivity index (χ3n) is 3.08. The van der Waals surface area contributed by atoms with Gasteiger partial charge in [0.15, 0.2) is 16.4 Å². The van der Waals surface area contributed by atoms with Crippen LogP contribution in [0.5, 0.6) is 0 Å². The molecular formula is C13H16N2O5S. The number of nitrogens with one attached hydrogen (secondary N) is 1. The number of rotatable bonds is 4. The monoisotopic (exact) mass is 312 g/mol. The highest BCUT2D eigenvalue weighted by Gasteiger charge is 2.29. The fourth-order valence-electron chi connectivity index (χ4n) is 2.01. The Labute approximate surface area is 122 Å². The second-order valence-corrected chi connectivity index (χ2v) is 7.09. The smallest absolute Gasteiger partial charge is 0.338 e. The molecule has 1 aliphatic heterocycles. The van der Waals surface area contributed by atoms with E-state index < -0.39 is 34.4 Å². The molecule has 0 bridgehead atoms. The first-order valence-corrected chi connectivity index (χ1v) is 8.20. The maximum Gasteiger partial charge on any atom is 0.338 e. The van der Waals surface area contributed by atoms with Crippen molar-refractivity contribution < 1.29 is 22.7 Å². The Hall–Kier alpha value is -2.09. The van der Waals surface area contributed by atoms with Crippen molar-refractivity contribution in [3.8, 4) is 0 Å². The lowest BCUT2D eigenvalue weighted by atomic mass is 10.2. The number of nitrogen functional groups attached to an aromatic ring is 1. The summed E-state index contributed by atoms with van der Waals surface area (Å²) in [7, 11) is -3.05. The van der Waals surface area contributed by atoms with Crippen molar-refractivity contribution in [1.82, 2.24) is 5.32 Å². The summed E-state index contributed by atoms with van der Waals surface area (Å²) in [6.45, 7) is -0.445. The van der Waals surface area contributed by atoms with E-state index in [1.165, 1.54) is 12.1 Å². The number of hydrogen-bond donors (Lipinski definition) is 2. The number of sulfone groups is 1. The topological polar surface area (TPSA) is 116 Å². The van der Waals surface area contributed by atoms with Gasteiger partial charge in [-0.05, 0) is 30.7 Å². The molecule has 7 nitrogen and oxygen atoms in total. The van der Waals surface area contributed by atoms with Gasteiger partial charge in [-0.25, -0.2) is 13.2 Å². The molecule has 1 heterocycles. The predicted molar refractivity (Wildman–Crippen MR) is 76.3 cm³/mol. The number of anilines is 1. The molecule has 1 atom stereocenters. The van der Waals surface area contributed by atoms with Crippen molar-refractivity contribution >= 4 is 27.4 Å². The molecule has 0 aromatic heterocycles. The van der Waals surface area contributed by atoms with E-state index in [1.807, 2.05) is 0 Å². The molecule has 2 rings (SSSR count). The highest BCUT2D eigenvalue weighted by atomic mass is 32.2. The van der Waals surface area contributed by atoms with Crippen molar-refractivity contribution in [2.24, 2.45) is 0 Å². The van der Waals surface area contributed by atoms with E-state index in [-0.39, 0.29) is 11.5 Å². The van der Waals surface area contributed by atoms with Crippen molar-refractivity contribution in [2.45, 2.75) is 12.5 Å². The Morgan fingerprint density at radius 1 is 1.29 bits per heavy atom. The number of esters is 1. The van der Waals surface area contributed by atoms with Gasteiger partial charge < -0.3 is 15.8 Å². The molecular weight excluding hydrogens is 296 g/mol. The minimum Gasteiger partial charge on any atom is -0.452 e. The van der Waals surface area contributed by atoms with Gasteiger partial charge in [-0.15, -0.1) is 0 Å². The summed E-state index contributed by atoms with van der Waals surface area (Å²) in [5.74, 6) is -1.14. The number of hydrogen-bond acceptors (Lipinski definition) is 6. The first kappa shape index (κ1) is 15.3. The summed E-state index contributed by atoms with van der Waals surface area (Å²) in [6, 6.07) is 5.70. The van der Waals surface area contributed by atoms with E-state index in [0.717, 1.165) is 0 Å². The van der Waals surface area contributed by atoms with Crippen LogP contribution < -0.4 is 11.1 Å². The van der Waals surface area contributed by atoms with Gasteiger partial charge in [0, 0.05) is 11.7 Å². The maximum absolute atomic E-state index is 11.7. The SMILES string of the molecule is Nc1ccc(C(=O)OCC(=O)N[C@H]2CCS(=O)(=O)C2)cc1. The molecule has 1 aliphatic rings. The number of nitrogens with two attached hydrogens (primary N) is 1. The number of carbonyl (C=O) groups excluding carboxylic acids is 2. The summed E-state index contributed by atoms with van der Waals surface area (Å²) in [5.41, 5.74) is 6.31. The molecule has 3 N–H and O–H groups in total. The van der Waals surface area contributed by atoms with Crippen LogP contribution in [0, 0.1) is 0 Å². The number of ether oxygens (including phenoxy) is 1. The van der Waals surface area contributed by atoms with E-state index in [4.69, 9.17) is 10.5 Å². The zero-order valence-electron chi connectivity index (χ0n) is 11.2. The standard InChI is InChI=1S/C13H16N2O5S/c14-10-3-1-9(2-4-10)13(17)20-7-12(16)15-11-5-6-21(18,19)8-11/h1-4,11H,5-8,14H2,(H,15,16)/t11-/m0/s1. The fourth-order valence-corrected chi connectivity index (χ4v) is 3.69. The summed E-state index contributed by atoms with van der Waals surface area (Å²) < 4.78 is 27.4. The van der Waals surface area contributed by atoms with Crippen molar-refractivity contribution in [2.75, 3.05) is 23.8 Å². The summed E-state index contributed by atoms with van der Waals surface area (Å²) in [4.78, 5) is 23.3. The minimum absolute atomic E-state index is 0.0648. The third kappa shape index (κ3) is 4.45. The molecule has 0 radical (unpaired) electrons. The number of amides is 1. The zero-order valence-corrected chi connectivity index (χ0v) is 12.1. The predicted octanol–water partition coefficient (Wildman–Crippen LogP) is -0.271. The molecule has 1 saturated heterocycles. The molecule has 1 aromatic rings. The van der Waals surface area contributed by atoms with Crippen molar-refractivity contribution in [3.05, 3.63) is 29.8 Å². The van der Waals surface area contributed by atoms with E-state index >= 15 is 0 Å². The van der Waals surface area contributed by atoms with Crippen LogP contribution in [0.4, 0.5) is 5.69 Å². The van der Waals surface area contributed by atoms with Crippen LogP contribution in [-0.4, -0.2) is 44.4 Å². The zero-order chi connectivity index (χ0) is 15.5. The maximum atomic E-state index is 11.7. The van der Waals surface area contributed by atoms with Gasteiger partial charge in [-0.1, -0.05) is 0 Å². The molecule has 1 amide bonds. The van der Waals surface area contributed by atoms with Crippen LogP contribution in [0.1, 0.15) is 16.8 Å². The Morgan fingerprint density at radius 2 is 1.95 bits per heavy atom. The van der Waals surface area contributed by atoms with Gasteiger partial charge in [-0.2, -0.15) is 0 Å². The van der Waals surface area contributed by atoms with Crippen molar-refractivity contribution in [1.29, 1.82) is 0 Å². The molecule has 1 aromatic carbocycles. The quantitative estimate of drug-likeness (QED) is 0.584.